The molecule has 5 nitrogen and oxygen atoms in total. The second kappa shape index (κ2) is 8.58. The second-order valence-corrected chi connectivity index (χ2v) is 7.30. The van der Waals surface area contributed by atoms with Gasteiger partial charge in [0.25, 0.3) is 5.91 Å². The summed E-state index contributed by atoms with van der Waals surface area (Å²) in [6, 6.07) is 4.40. The number of amides is 2. The van der Waals surface area contributed by atoms with Crippen molar-refractivity contribution in [2.45, 2.75) is 25.3 Å². The maximum atomic E-state index is 12.9. The first-order valence-corrected chi connectivity index (χ1v) is 9.01. The molecular formula is C17H22Cl3N3O2. The summed E-state index contributed by atoms with van der Waals surface area (Å²) in [5, 5.41) is 0.807. The highest BCUT2D eigenvalue weighted by Gasteiger charge is 2.39. The molecule has 0 spiro atoms. The molecule has 3 rings (SSSR count). The lowest BCUT2D eigenvalue weighted by Crippen LogP contribution is -2.47. The van der Waals surface area contributed by atoms with E-state index in [1.54, 1.807) is 23.1 Å². The zero-order valence-corrected chi connectivity index (χ0v) is 16.1. The van der Waals surface area contributed by atoms with Crippen LogP contribution in [0.25, 0.3) is 0 Å². The van der Waals surface area contributed by atoms with E-state index in [0.717, 1.165) is 19.4 Å². The summed E-state index contributed by atoms with van der Waals surface area (Å²) in [6.45, 7) is 2.56. The molecule has 2 saturated heterocycles. The van der Waals surface area contributed by atoms with Crippen molar-refractivity contribution in [2.75, 3.05) is 26.2 Å². The van der Waals surface area contributed by atoms with Gasteiger partial charge in [-0.25, -0.2) is 0 Å². The third kappa shape index (κ3) is 4.22. The van der Waals surface area contributed by atoms with Crippen LogP contribution in [0.15, 0.2) is 18.2 Å². The molecule has 0 aliphatic carbocycles. The van der Waals surface area contributed by atoms with Crippen LogP contribution in [0.3, 0.4) is 0 Å². The molecule has 8 heteroatoms. The van der Waals surface area contributed by atoms with Crippen LogP contribution in [0.1, 0.15) is 29.6 Å². The lowest BCUT2D eigenvalue weighted by Gasteiger charge is -2.28. The molecule has 2 aliphatic heterocycles. The Morgan fingerprint density at radius 2 is 1.96 bits per heavy atom. The summed E-state index contributed by atoms with van der Waals surface area (Å²) >= 11 is 12.1. The molecule has 2 amide bonds. The SMILES string of the molecule is Cl.NCC1CCN(C(=O)C2CCCN2C(=O)c2cc(Cl)ccc2Cl)C1. The van der Waals surface area contributed by atoms with E-state index in [9.17, 15) is 9.59 Å². The van der Waals surface area contributed by atoms with Gasteiger partial charge in [-0.1, -0.05) is 23.2 Å². The van der Waals surface area contributed by atoms with Gasteiger partial charge in [0.1, 0.15) is 6.04 Å². The predicted molar refractivity (Wildman–Crippen MR) is 102 cm³/mol. The third-order valence-electron chi connectivity index (χ3n) is 4.89. The molecule has 2 heterocycles. The zero-order chi connectivity index (χ0) is 17.3. The summed E-state index contributed by atoms with van der Waals surface area (Å²) in [7, 11) is 0. The number of hydrogen-bond donors (Lipinski definition) is 1. The number of carbonyl (C=O) groups excluding carboxylic acids is 2. The fourth-order valence-corrected chi connectivity index (χ4v) is 3.89. The van der Waals surface area contributed by atoms with Crippen LogP contribution in [-0.2, 0) is 4.79 Å². The first-order valence-electron chi connectivity index (χ1n) is 8.26. The maximum Gasteiger partial charge on any atom is 0.256 e. The van der Waals surface area contributed by atoms with E-state index in [2.05, 4.69) is 0 Å². The minimum atomic E-state index is -0.413. The van der Waals surface area contributed by atoms with Gasteiger partial charge >= 0.3 is 0 Å². The second-order valence-electron chi connectivity index (χ2n) is 6.46. The van der Waals surface area contributed by atoms with E-state index in [0.29, 0.717) is 47.6 Å². The molecule has 0 bridgehead atoms. The summed E-state index contributed by atoms with van der Waals surface area (Å²) in [6.07, 6.45) is 2.43. The van der Waals surface area contributed by atoms with Crippen molar-refractivity contribution in [3.8, 4) is 0 Å². The first kappa shape index (κ1) is 20.3. The number of hydrogen-bond acceptors (Lipinski definition) is 3. The Bertz CT molecular complexity index is 656. The molecular weight excluding hydrogens is 385 g/mol. The van der Waals surface area contributed by atoms with Crippen molar-refractivity contribution in [1.82, 2.24) is 9.80 Å². The van der Waals surface area contributed by atoms with Crippen LogP contribution in [0, 0.1) is 5.92 Å². The van der Waals surface area contributed by atoms with E-state index in [1.165, 1.54) is 0 Å². The number of rotatable bonds is 3. The van der Waals surface area contributed by atoms with Gasteiger partial charge in [0.15, 0.2) is 0 Å². The van der Waals surface area contributed by atoms with Crippen molar-refractivity contribution >= 4 is 47.4 Å². The highest BCUT2D eigenvalue weighted by Crippen LogP contribution is 2.28. The summed E-state index contributed by atoms with van der Waals surface area (Å²) in [5.74, 6) is 0.157. The summed E-state index contributed by atoms with van der Waals surface area (Å²) < 4.78 is 0. The number of likely N-dealkylation sites (tertiary alicyclic amines) is 2. The van der Waals surface area contributed by atoms with Crippen molar-refractivity contribution < 1.29 is 9.59 Å². The van der Waals surface area contributed by atoms with Gasteiger partial charge in [-0.3, -0.25) is 9.59 Å². The maximum absolute atomic E-state index is 12.9. The van der Waals surface area contributed by atoms with Gasteiger partial charge in [0.05, 0.1) is 10.6 Å². The van der Waals surface area contributed by atoms with Crippen LogP contribution in [0.5, 0.6) is 0 Å². The summed E-state index contributed by atoms with van der Waals surface area (Å²) in [4.78, 5) is 29.2. The van der Waals surface area contributed by atoms with E-state index in [-0.39, 0.29) is 24.2 Å². The predicted octanol–water partition coefficient (Wildman–Crippen LogP) is 2.83. The topological polar surface area (TPSA) is 66.6 Å². The van der Waals surface area contributed by atoms with E-state index in [4.69, 9.17) is 28.9 Å². The number of nitrogens with two attached hydrogens (primary N) is 1. The summed E-state index contributed by atoms with van der Waals surface area (Å²) in [5.41, 5.74) is 6.05. The van der Waals surface area contributed by atoms with Gasteiger partial charge in [0, 0.05) is 24.7 Å². The molecule has 0 saturated carbocycles. The molecule has 2 aliphatic rings. The number of carbonyl (C=O) groups is 2. The smallest absolute Gasteiger partial charge is 0.256 e. The Kier molecular flexibility index (Phi) is 6.97. The highest BCUT2D eigenvalue weighted by molar-refractivity contribution is 6.35. The molecule has 0 aromatic heterocycles. The fraction of sp³-hybridized carbons (Fsp3) is 0.529. The average molecular weight is 407 g/mol. The highest BCUT2D eigenvalue weighted by atomic mass is 35.5. The number of benzene rings is 1. The van der Waals surface area contributed by atoms with Crippen molar-refractivity contribution in [2.24, 2.45) is 11.7 Å². The molecule has 0 radical (unpaired) electrons. The van der Waals surface area contributed by atoms with E-state index in [1.807, 2.05) is 4.90 Å². The first-order chi connectivity index (χ1) is 11.5. The normalized spacial score (nSPS) is 22.8. The Balaban J connectivity index is 0.00000225. The molecule has 1 aromatic carbocycles. The number of halogens is 3. The molecule has 2 fully saturated rings. The molecule has 2 N–H and O–H groups in total. The quantitative estimate of drug-likeness (QED) is 0.839. The monoisotopic (exact) mass is 405 g/mol. The molecule has 138 valence electrons. The molecule has 25 heavy (non-hydrogen) atoms. The average Bonchev–Trinajstić information content (AvgIpc) is 3.24. The van der Waals surface area contributed by atoms with Crippen LogP contribution in [0.4, 0.5) is 0 Å². The lowest BCUT2D eigenvalue weighted by molar-refractivity contribution is -0.134. The van der Waals surface area contributed by atoms with Gasteiger partial charge in [-0.15, -0.1) is 12.4 Å². The van der Waals surface area contributed by atoms with Crippen molar-refractivity contribution in [1.29, 1.82) is 0 Å². The minimum Gasteiger partial charge on any atom is -0.341 e. The number of nitrogens with zero attached hydrogens (tertiary/aromatic N) is 2. The van der Waals surface area contributed by atoms with Crippen molar-refractivity contribution in [3.63, 3.8) is 0 Å². The lowest BCUT2D eigenvalue weighted by atomic mass is 10.1. The Morgan fingerprint density at radius 3 is 2.64 bits per heavy atom. The van der Waals surface area contributed by atoms with Crippen LogP contribution in [0.2, 0.25) is 10.0 Å². The Morgan fingerprint density at radius 1 is 1.20 bits per heavy atom. The Hall–Kier alpha value is -1.01. The van der Waals surface area contributed by atoms with E-state index >= 15 is 0 Å². The zero-order valence-electron chi connectivity index (χ0n) is 13.8. The molecule has 1 aromatic rings. The van der Waals surface area contributed by atoms with Gasteiger partial charge in [-0.05, 0) is 49.9 Å². The third-order valence-corrected chi connectivity index (χ3v) is 5.45. The molecule has 2 unspecified atom stereocenters. The van der Waals surface area contributed by atoms with Gasteiger partial charge < -0.3 is 15.5 Å². The van der Waals surface area contributed by atoms with Crippen LogP contribution >= 0.6 is 35.6 Å². The van der Waals surface area contributed by atoms with Crippen molar-refractivity contribution in [3.05, 3.63) is 33.8 Å². The fourth-order valence-electron chi connectivity index (χ4n) is 3.52. The van der Waals surface area contributed by atoms with Crippen LogP contribution < -0.4 is 5.73 Å². The van der Waals surface area contributed by atoms with Crippen LogP contribution in [-0.4, -0.2) is 53.8 Å². The van der Waals surface area contributed by atoms with E-state index < -0.39 is 6.04 Å². The standard InChI is InChI=1S/C17H21Cl2N3O2.ClH/c18-12-3-4-14(19)13(8-12)16(23)22-6-1-2-15(22)17(24)21-7-5-11(9-20)10-21;/h3-4,8,11,15H,1-2,5-7,9-10,20H2;1H. The molecule has 2 atom stereocenters. The minimum absolute atomic E-state index is 0. The Labute approximate surface area is 163 Å². The largest absolute Gasteiger partial charge is 0.341 e. The van der Waals surface area contributed by atoms with Gasteiger partial charge in [0.2, 0.25) is 5.91 Å². The van der Waals surface area contributed by atoms with Gasteiger partial charge in [-0.2, -0.15) is 0 Å².